The second-order valence-electron chi connectivity index (χ2n) is 8.68. The van der Waals surface area contributed by atoms with Gasteiger partial charge in [0.05, 0.1) is 11.6 Å². The molecular weight excluding hydrogens is 422 g/mol. The fraction of sp³-hybridized carbons (Fsp3) is 0.455. The molecule has 31 heavy (non-hydrogen) atoms. The topological polar surface area (TPSA) is 122 Å². The second-order valence-corrected chi connectivity index (χ2v) is 9.08. The highest BCUT2D eigenvalue weighted by atomic mass is 35.5. The number of phenols is 1. The molecule has 3 N–H and O–H groups in total. The summed E-state index contributed by atoms with van der Waals surface area (Å²) in [5.41, 5.74) is 0.0641. The number of hydrogen-bond acceptors (Lipinski definition) is 6. The number of phenolic OH excluding ortho intramolecular Hbond substituents is 1. The van der Waals surface area contributed by atoms with E-state index in [4.69, 9.17) is 16.1 Å². The van der Waals surface area contributed by atoms with E-state index >= 15 is 0 Å². The van der Waals surface area contributed by atoms with Crippen LogP contribution in [-0.4, -0.2) is 40.4 Å². The molecule has 0 saturated carbocycles. The number of benzene rings is 1. The predicted octanol–water partition coefficient (Wildman–Crippen LogP) is 3.23. The van der Waals surface area contributed by atoms with Crippen molar-refractivity contribution in [1.29, 1.82) is 0 Å². The zero-order valence-corrected chi connectivity index (χ0v) is 19.0. The summed E-state index contributed by atoms with van der Waals surface area (Å²) in [6, 6.07) is 5.04. The lowest BCUT2D eigenvalue weighted by atomic mass is 9.91. The number of rotatable bonds is 8. The average molecular weight is 450 g/mol. The van der Waals surface area contributed by atoms with Crippen LogP contribution in [0.3, 0.4) is 0 Å². The average Bonchev–Trinajstić information content (AvgIpc) is 3.18. The summed E-state index contributed by atoms with van der Waals surface area (Å²) in [5.74, 6) is -0.736. The molecule has 0 saturated heterocycles. The standard InChI is InChI=1S/C22H28ClN3O5/c1-12(2)18-10-16(26-31-18)21(30)25-15(9-13-6-7-17(27)14(23)8-13)20(29)24-11-19(28)22(3,4)5/h6-8,10,12,15,27H,9,11H2,1-5H3,(H,24,29)(H,25,30)/t15-/m0/s1. The van der Waals surface area contributed by atoms with Gasteiger partial charge >= 0.3 is 0 Å². The Kier molecular flexibility index (Phi) is 7.84. The molecule has 2 amide bonds. The summed E-state index contributed by atoms with van der Waals surface area (Å²) in [4.78, 5) is 37.6. The molecule has 168 valence electrons. The first-order chi connectivity index (χ1) is 14.4. The van der Waals surface area contributed by atoms with E-state index in [-0.39, 0.29) is 41.1 Å². The SMILES string of the molecule is CC(C)c1cc(C(=O)N[C@@H](Cc2ccc(O)c(Cl)c2)C(=O)NCC(=O)C(C)(C)C)no1. The van der Waals surface area contributed by atoms with E-state index in [0.717, 1.165) is 0 Å². The summed E-state index contributed by atoms with van der Waals surface area (Å²) >= 11 is 5.96. The molecule has 1 aromatic carbocycles. The van der Waals surface area contributed by atoms with Gasteiger partial charge in [0, 0.05) is 23.8 Å². The van der Waals surface area contributed by atoms with Gasteiger partial charge in [0.25, 0.3) is 5.91 Å². The molecule has 1 atom stereocenters. The maximum Gasteiger partial charge on any atom is 0.274 e. The van der Waals surface area contributed by atoms with Gasteiger partial charge in [-0.05, 0) is 17.7 Å². The van der Waals surface area contributed by atoms with Crippen LogP contribution in [0.15, 0.2) is 28.8 Å². The van der Waals surface area contributed by atoms with Crippen molar-refractivity contribution < 1.29 is 24.0 Å². The Morgan fingerprint density at radius 2 is 1.87 bits per heavy atom. The maximum absolute atomic E-state index is 12.8. The molecule has 1 aromatic heterocycles. The number of nitrogens with one attached hydrogen (secondary N) is 2. The quantitative estimate of drug-likeness (QED) is 0.568. The van der Waals surface area contributed by atoms with E-state index in [0.29, 0.717) is 11.3 Å². The van der Waals surface area contributed by atoms with Crippen molar-refractivity contribution >= 4 is 29.2 Å². The van der Waals surface area contributed by atoms with Gasteiger partial charge in [-0.1, -0.05) is 57.4 Å². The Bertz CT molecular complexity index is 962. The van der Waals surface area contributed by atoms with Gasteiger partial charge in [0.2, 0.25) is 5.91 Å². The van der Waals surface area contributed by atoms with Crippen LogP contribution < -0.4 is 10.6 Å². The third kappa shape index (κ3) is 6.82. The van der Waals surface area contributed by atoms with Crippen LogP contribution in [-0.2, 0) is 16.0 Å². The van der Waals surface area contributed by atoms with E-state index in [1.807, 2.05) is 13.8 Å². The summed E-state index contributed by atoms with van der Waals surface area (Å²) < 4.78 is 5.15. The fourth-order valence-electron chi connectivity index (χ4n) is 2.58. The number of ketones is 1. The van der Waals surface area contributed by atoms with E-state index in [9.17, 15) is 19.5 Å². The second kappa shape index (κ2) is 9.96. The first-order valence-corrected chi connectivity index (χ1v) is 10.3. The van der Waals surface area contributed by atoms with Gasteiger partial charge in [0.15, 0.2) is 11.5 Å². The lowest BCUT2D eigenvalue weighted by molar-refractivity contribution is -0.129. The first kappa shape index (κ1) is 24.4. The molecule has 2 rings (SSSR count). The molecule has 9 heteroatoms. The number of halogens is 1. The van der Waals surface area contributed by atoms with Crippen molar-refractivity contribution in [3.8, 4) is 5.75 Å². The number of aromatic hydroxyl groups is 1. The van der Waals surface area contributed by atoms with E-state index in [1.54, 1.807) is 26.8 Å². The molecule has 8 nitrogen and oxygen atoms in total. The zero-order valence-electron chi connectivity index (χ0n) is 18.3. The minimum atomic E-state index is -1.000. The molecule has 1 heterocycles. The van der Waals surface area contributed by atoms with Gasteiger partial charge in [0.1, 0.15) is 17.6 Å². The third-order valence-electron chi connectivity index (χ3n) is 4.66. The Balaban J connectivity index is 2.19. The lowest BCUT2D eigenvalue weighted by Gasteiger charge is -2.20. The molecule has 0 unspecified atom stereocenters. The zero-order chi connectivity index (χ0) is 23.3. The fourth-order valence-corrected chi connectivity index (χ4v) is 2.78. The van der Waals surface area contributed by atoms with E-state index < -0.39 is 23.3 Å². The molecular formula is C22H28ClN3O5. The van der Waals surface area contributed by atoms with Crippen molar-refractivity contribution in [1.82, 2.24) is 15.8 Å². The van der Waals surface area contributed by atoms with Crippen LogP contribution in [0, 0.1) is 5.41 Å². The minimum Gasteiger partial charge on any atom is -0.506 e. The van der Waals surface area contributed by atoms with Gasteiger partial charge in [-0.25, -0.2) is 0 Å². The highest BCUT2D eigenvalue weighted by Crippen LogP contribution is 2.24. The van der Waals surface area contributed by atoms with Crippen molar-refractivity contribution in [2.45, 2.75) is 53.0 Å². The van der Waals surface area contributed by atoms with Crippen LogP contribution >= 0.6 is 11.6 Å². The van der Waals surface area contributed by atoms with Gasteiger partial charge in [-0.2, -0.15) is 0 Å². The van der Waals surface area contributed by atoms with Gasteiger partial charge in [-0.15, -0.1) is 0 Å². The lowest BCUT2D eigenvalue weighted by Crippen LogP contribution is -2.49. The number of nitrogens with zero attached hydrogens (tertiary/aromatic N) is 1. The number of amides is 2. The summed E-state index contributed by atoms with van der Waals surface area (Å²) in [5, 5.41) is 18.7. The maximum atomic E-state index is 12.8. The van der Waals surface area contributed by atoms with Crippen LogP contribution in [0.25, 0.3) is 0 Å². The molecule has 2 aromatic rings. The van der Waals surface area contributed by atoms with Gasteiger partial charge in [-0.3, -0.25) is 14.4 Å². The number of carbonyl (C=O) groups excluding carboxylic acids is 3. The summed E-state index contributed by atoms with van der Waals surface area (Å²) in [6.07, 6.45) is 0.0934. The minimum absolute atomic E-state index is 0.0516. The Labute approximate surface area is 186 Å². The van der Waals surface area contributed by atoms with Crippen molar-refractivity contribution in [2.75, 3.05) is 6.54 Å². The summed E-state index contributed by atoms with van der Waals surface area (Å²) in [6.45, 7) is 8.92. The first-order valence-electron chi connectivity index (χ1n) is 9.94. The molecule has 0 aliphatic rings. The van der Waals surface area contributed by atoms with Gasteiger partial charge < -0.3 is 20.3 Å². The molecule has 0 fully saturated rings. The van der Waals surface area contributed by atoms with E-state index in [1.165, 1.54) is 18.2 Å². The van der Waals surface area contributed by atoms with Crippen molar-refractivity contribution in [3.05, 3.63) is 46.3 Å². The predicted molar refractivity (Wildman–Crippen MR) is 116 cm³/mol. The summed E-state index contributed by atoms with van der Waals surface area (Å²) in [7, 11) is 0. The number of hydrogen-bond donors (Lipinski definition) is 3. The van der Waals surface area contributed by atoms with Crippen molar-refractivity contribution in [3.63, 3.8) is 0 Å². The van der Waals surface area contributed by atoms with Crippen LogP contribution in [0.5, 0.6) is 5.75 Å². The Morgan fingerprint density at radius 3 is 2.42 bits per heavy atom. The monoisotopic (exact) mass is 449 g/mol. The normalized spacial score (nSPS) is 12.5. The highest BCUT2D eigenvalue weighted by molar-refractivity contribution is 6.32. The largest absolute Gasteiger partial charge is 0.506 e. The molecule has 0 bridgehead atoms. The molecule has 0 aliphatic heterocycles. The van der Waals surface area contributed by atoms with Crippen molar-refractivity contribution in [2.24, 2.45) is 5.41 Å². The van der Waals surface area contributed by atoms with Crippen LogP contribution in [0.1, 0.15) is 62.3 Å². The third-order valence-corrected chi connectivity index (χ3v) is 4.97. The molecule has 0 radical (unpaired) electrons. The Morgan fingerprint density at radius 1 is 1.19 bits per heavy atom. The molecule has 0 spiro atoms. The molecule has 0 aliphatic carbocycles. The van der Waals surface area contributed by atoms with E-state index in [2.05, 4.69) is 15.8 Å². The number of Topliss-reactive ketones (excluding diaryl/α,β-unsaturated/α-hetero) is 1. The highest BCUT2D eigenvalue weighted by Gasteiger charge is 2.27. The van der Waals surface area contributed by atoms with Crippen LogP contribution in [0.4, 0.5) is 0 Å². The number of aromatic nitrogens is 1. The smallest absolute Gasteiger partial charge is 0.274 e. The number of carbonyl (C=O) groups is 3. The Hall–Kier alpha value is -2.87. The van der Waals surface area contributed by atoms with Crippen LogP contribution in [0.2, 0.25) is 5.02 Å².